The molecule has 10 heteroatoms. The number of hydrogen-bond donors (Lipinski definition) is 0. The van der Waals surface area contributed by atoms with Crippen LogP contribution in [0.25, 0.3) is 4.96 Å². The van der Waals surface area contributed by atoms with Gasteiger partial charge in [0.2, 0.25) is 9.97 Å². The molecule has 2 aromatic rings. The first-order valence-corrected chi connectivity index (χ1v) is 10.2. The molecule has 1 unspecified atom stereocenters. The Hall–Kier alpha value is -1.55. The number of rotatable bonds is 4. The summed E-state index contributed by atoms with van der Waals surface area (Å²) < 4.78 is 24.9. The molecule has 126 valence electrons. The Labute approximate surface area is 138 Å². The summed E-state index contributed by atoms with van der Waals surface area (Å²) in [6, 6.07) is -0.267. The zero-order chi connectivity index (χ0) is 16.8. The Balaban J connectivity index is 1.89. The van der Waals surface area contributed by atoms with Gasteiger partial charge in [-0.25, -0.2) is 8.42 Å². The summed E-state index contributed by atoms with van der Waals surface area (Å²) >= 11 is 1.18. The molecular weight excluding hydrogens is 338 g/mol. The molecule has 23 heavy (non-hydrogen) atoms. The van der Waals surface area contributed by atoms with Crippen molar-refractivity contribution in [1.29, 1.82) is 0 Å². The normalized spacial score (nSPS) is 20.4. The number of nitrogens with zero attached hydrogens (tertiary/aromatic N) is 5. The summed E-state index contributed by atoms with van der Waals surface area (Å²) in [6.07, 6.45) is 0.489. The maximum absolute atomic E-state index is 12.7. The van der Waals surface area contributed by atoms with Gasteiger partial charge in [-0.05, 0) is 13.3 Å². The summed E-state index contributed by atoms with van der Waals surface area (Å²) in [5.41, 5.74) is 0. The number of carbonyl (C=O) groups is 1. The number of hydrogen-bond acceptors (Lipinski definition) is 7. The van der Waals surface area contributed by atoms with E-state index in [0.717, 1.165) is 0 Å². The van der Waals surface area contributed by atoms with Gasteiger partial charge in [-0.15, -0.1) is 15.3 Å². The molecule has 0 saturated carbocycles. The third-order valence-corrected chi connectivity index (χ3v) is 6.60. The molecule has 8 nitrogen and oxygen atoms in total. The second-order valence-electron chi connectivity index (χ2n) is 5.96. The molecule has 1 aliphatic rings. The molecule has 0 aliphatic carbocycles. The van der Waals surface area contributed by atoms with Crippen molar-refractivity contribution >= 4 is 32.0 Å². The predicted molar refractivity (Wildman–Crippen MR) is 86.5 cm³/mol. The SMILES string of the molecule is CCN(C(=O)c1nn2c(C(C)C)nnc2s1)C1CCS(=O)(=O)C1. The molecule has 1 saturated heterocycles. The number of fused-ring (bicyclic) bond motifs is 1. The molecule has 3 heterocycles. The molecule has 3 rings (SSSR count). The monoisotopic (exact) mass is 357 g/mol. The molecule has 1 aliphatic heterocycles. The van der Waals surface area contributed by atoms with E-state index in [4.69, 9.17) is 0 Å². The highest BCUT2D eigenvalue weighted by Crippen LogP contribution is 2.23. The maximum atomic E-state index is 12.7. The lowest BCUT2D eigenvalue weighted by Crippen LogP contribution is -2.41. The minimum Gasteiger partial charge on any atom is -0.333 e. The van der Waals surface area contributed by atoms with Gasteiger partial charge in [0, 0.05) is 18.5 Å². The summed E-state index contributed by atoms with van der Waals surface area (Å²) in [5, 5.41) is 12.8. The Kier molecular flexibility index (Phi) is 4.13. The second-order valence-corrected chi connectivity index (χ2v) is 9.15. The average Bonchev–Trinajstić information content (AvgIpc) is 3.12. The maximum Gasteiger partial charge on any atom is 0.285 e. The zero-order valence-electron chi connectivity index (χ0n) is 13.3. The van der Waals surface area contributed by atoms with Crippen LogP contribution < -0.4 is 0 Å². The van der Waals surface area contributed by atoms with Crippen molar-refractivity contribution in [2.24, 2.45) is 0 Å². The van der Waals surface area contributed by atoms with Crippen LogP contribution in [0.3, 0.4) is 0 Å². The Morgan fingerprint density at radius 3 is 2.74 bits per heavy atom. The molecule has 0 bridgehead atoms. The van der Waals surface area contributed by atoms with Crippen LogP contribution >= 0.6 is 11.3 Å². The Bertz CT molecular complexity index is 839. The van der Waals surface area contributed by atoms with Crippen molar-refractivity contribution in [2.45, 2.75) is 39.2 Å². The molecule has 0 spiro atoms. The molecule has 0 aromatic carbocycles. The van der Waals surface area contributed by atoms with E-state index in [-0.39, 0.29) is 29.4 Å². The van der Waals surface area contributed by atoms with Crippen molar-refractivity contribution in [1.82, 2.24) is 24.7 Å². The number of aromatic nitrogens is 4. The van der Waals surface area contributed by atoms with Gasteiger partial charge < -0.3 is 4.90 Å². The van der Waals surface area contributed by atoms with E-state index in [1.165, 1.54) is 11.3 Å². The van der Waals surface area contributed by atoms with E-state index in [9.17, 15) is 13.2 Å². The van der Waals surface area contributed by atoms with Crippen molar-refractivity contribution in [3.8, 4) is 0 Å². The van der Waals surface area contributed by atoms with E-state index in [0.29, 0.717) is 28.8 Å². The van der Waals surface area contributed by atoms with Gasteiger partial charge >= 0.3 is 0 Å². The van der Waals surface area contributed by atoms with Crippen molar-refractivity contribution in [3.63, 3.8) is 0 Å². The topological polar surface area (TPSA) is 97.5 Å². The molecule has 0 radical (unpaired) electrons. The fraction of sp³-hybridized carbons (Fsp3) is 0.692. The summed E-state index contributed by atoms with van der Waals surface area (Å²) in [5.74, 6) is 0.803. The average molecular weight is 357 g/mol. The molecular formula is C13H19N5O3S2. The molecule has 1 fully saturated rings. The largest absolute Gasteiger partial charge is 0.333 e. The van der Waals surface area contributed by atoms with E-state index < -0.39 is 9.84 Å². The number of sulfone groups is 1. The van der Waals surface area contributed by atoms with Crippen molar-refractivity contribution < 1.29 is 13.2 Å². The lowest BCUT2D eigenvalue weighted by Gasteiger charge is -2.25. The van der Waals surface area contributed by atoms with Gasteiger partial charge in [0.25, 0.3) is 5.91 Å². The lowest BCUT2D eigenvalue weighted by atomic mass is 10.2. The fourth-order valence-electron chi connectivity index (χ4n) is 2.79. The van der Waals surface area contributed by atoms with Gasteiger partial charge in [-0.1, -0.05) is 25.2 Å². The first-order chi connectivity index (χ1) is 10.8. The second kappa shape index (κ2) is 5.82. The van der Waals surface area contributed by atoms with Crippen LogP contribution in [0.15, 0.2) is 0 Å². The Morgan fingerprint density at radius 2 is 2.17 bits per heavy atom. The highest BCUT2D eigenvalue weighted by atomic mass is 32.2. The van der Waals surface area contributed by atoms with Gasteiger partial charge in [-0.2, -0.15) is 4.52 Å². The van der Waals surface area contributed by atoms with Crippen molar-refractivity contribution in [2.75, 3.05) is 18.1 Å². The molecule has 2 aromatic heterocycles. The fourth-order valence-corrected chi connectivity index (χ4v) is 5.32. The van der Waals surface area contributed by atoms with Crippen molar-refractivity contribution in [3.05, 3.63) is 10.8 Å². The van der Waals surface area contributed by atoms with Crippen LogP contribution in [0.4, 0.5) is 0 Å². The van der Waals surface area contributed by atoms with E-state index in [1.54, 1.807) is 9.42 Å². The summed E-state index contributed by atoms with van der Waals surface area (Å²) in [6.45, 7) is 6.27. The smallest absolute Gasteiger partial charge is 0.285 e. The highest BCUT2D eigenvalue weighted by molar-refractivity contribution is 7.91. The van der Waals surface area contributed by atoms with Crippen LogP contribution in [-0.4, -0.2) is 63.1 Å². The number of amides is 1. The van der Waals surface area contributed by atoms with Gasteiger partial charge in [0.1, 0.15) is 0 Å². The summed E-state index contributed by atoms with van der Waals surface area (Å²) in [7, 11) is -3.04. The third-order valence-electron chi connectivity index (χ3n) is 3.97. The summed E-state index contributed by atoms with van der Waals surface area (Å²) in [4.78, 5) is 14.9. The minimum atomic E-state index is -3.04. The van der Waals surface area contributed by atoms with Gasteiger partial charge in [-0.3, -0.25) is 4.79 Å². The molecule has 1 amide bonds. The standard InChI is InChI=1S/C13H19N5O3S2/c1-4-17(9-5-6-23(20,21)7-9)12(19)11-16-18-10(8(2)3)14-15-13(18)22-11/h8-9H,4-7H2,1-3H3. The minimum absolute atomic E-state index is 0.0356. The predicted octanol–water partition coefficient (Wildman–Crippen LogP) is 0.958. The van der Waals surface area contributed by atoms with Crippen LogP contribution in [0, 0.1) is 0 Å². The lowest BCUT2D eigenvalue weighted by molar-refractivity contribution is 0.0706. The van der Waals surface area contributed by atoms with Crippen LogP contribution in [0.1, 0.15) is 48.7 Å². The molecule has 0 N–H and O–H groups in total. The van der Waals surface area contributed by atoms with Gasteiger partial charge in [0.15, 0.2) is 15.7 Å². The van der Waals surface area contributed by atoms with E-state index in [2.05, 4.69) is 15.3 Å². The van der Waals surface area contributed by atoms with Gasteiger partial charge in [0.05, 0.1) is 11.5 Å². The highest BCUT2D eigenvalue weighted by Gasteiger charge is 2.35. The van der Waals surface area contributed by atoms with Crippen LogP contribution in [0.2, 0.25) is 0 Å². The first kappa shape index (κ1) is 16.3. The molecule has 1 atom stereocenters. The third kappa shape index (κ3) is 2.97. The van der Waals surface area contributed by atoms with E-state index in [1.807, 2.05) is 20.8 Å². The van der Waals surface area contributed by atoms with Crippen LogP contribution in [0.5, 0.6) is 0 Å². The zero-order valence-corrected chi connectivity index (χ0v) is 14.9. The quantitative estimate of drug-likeness (QED) is 0.808. The van der Waals surface area contributed by atoms with Crippen LogP contribution in [-0.2, 0) is 9.84 Å². The Morgan fingerprint density at radius 1 is 1.43 bits per heavy atom. The number of carbonyl (C=O) groups excluding carboxylic acids is 1. The first-order valence-electron chi connectivity index (χ1n) is 7.56. The van der Waals surface area contributed by atoms with E-state index >= 15 is 0 Å².